The normalized spacial score (nSPS) is 10.6. The fraction of sp³-hybridized carbons (Fsp3) is 0.120. The number of anilines is 1. The van der Waals surface area contributed by atoms with Crippen LogP contribution >= 0.6 is 11.8 Å². The third-order valence-corrected chi connectivity index (χ3v) is 5.77. The lowest BCUT2D eigenvalue weighted by Crippen LogP contribution is -2.24. The van der Waals surface area contributed by atoms with Gasteiger partial charge in [0.05, 0.1) is 12.3 Å². The number of carbonyl (C=O) groups is 2. The van der Waals surface area contributed by atoms with Crippen LogP contribution in [0.4, 0.5) is 10.1 Å². The van der Waals surface area contributed by atoms with E-state index in [-0.39, 0.29) is 23.8 Å². The second-order valence-electron chi connectivity index (χ2n) is 7.47. The van der Waals surface area contributed by atoms with Gasteiger partial charge in [0.2, 0.25) is 5.91 Å². The molecule has 2 amide bonds. The molecular formula is C25H22FN5O2S. The molecular weight excluding hydrogens is 453 g/mol. The molecule has 34 heavy (non-hydrogen) atoms. The first-order chi connectivity index (χ1) is 16.5. The molecule has 7 nitrogen and oxygen atoms in total. The van der Waals surface area contributed by atoms with Gasteiger partial charge < -0.3 is 10.6 Å². The molecule has 4 rings (SSSR count). The lowest BCUT2D eigenvalue weighted by Gasteiger charge is -2.11. The second kappa shape index (κ2) is 10.8. The van der Waals surface area contributed by atoms with Crippen molar-refractivity contribution >= 4 is 29.3 Å². The lowest BCUT2D eigenvalue weighted by atomic mass is 10.2. The fourth-order valence-corrected chi connectivity index (χ4v) is 4.06. The molecule has 172 valence electrons. The van der Waals surface area contributed by atoms with E-state index in [1.165, 1.54) is 36.0 Å². The van der Waals surface area contributed by atoms with E-state index < -0.39 is 11.7 Å². The maximum Gasteiger partial charge on any atom is 0.251 e. The Hall–Kier alpha value is -3.98. The van der Waals surface area contributed by atoms with Crippen molar-refractivity contribution in [2.24, 2.45) is 0 Å². The molecule has 0 aliphatic carbocycles. The first-order valence-corrected chi connectivity index (χ1v) is 11.5. The third-order valence-electron chi connectivity index (χ3n) is 4.84. The summed E-state index contributed by atoms with van der Waals surface area (Å²) in [4.78, 5) is 24.9. The highest BCUT2D eigenvalue weighted by molar-refractivity contribution is 7.99. The Balaban J connectivity index is 1.48. The highest BCUT2D eigenvalue weighted by Crippen LogP contribution is 2.22. The summed E-state index contributed by atoms with van der Waals surface area (Å²) in [5, 5.41) is 14.6. The Morgan fingerprint density at radius 2 is 1.76 bits per heavy atom. The van der Waals surface area contributed by atoms with Crippen molar-refractivity contribution in [1.29, 1.82) is 0 Å². The second-order valence-corrected chi connectivity index (χ2v) is 8.41. The van der Waals surface area contributed by atoms with Crippen LogP contribution < -0.4 is 10.6 Å². The number of amides is 2. The average molecular weight is 476 g/mol. The van der Waals surface area contributed by atoms with Crippen molar-refractivity contribution in [3.05, 3.63) is 102 Å². The van der Waals surface area contributed by atoms with E-state index in [0.29, 0.717) is 11.0 Å². The lowest BCUT2D eigenvalue weighted by molar-refractivity contribution is -0.113. The minimum atomic E-state index is -0.484. The molecule has 1 heterocycles. The number of halogens is 1. The van der Waals surface area contributed by atoms with Gasteiger partial charge in [-0.2, -0.15) is 0 Å². The molecule has 0 saturated carbocycles. The summed E-state index contributed by atoms with van der Waals surface area (Å²) in [6.07, 6.45) is 0. The molecule has 0 spiro atoms. The number of hydrogen-bond donors (Lipinski definition) is 2. The van der Waals surface area contributed by atoms with E-state index in [0.717, 1.165) is 16.9 Å². The summed E-state index contributed by atoms with van der Waals surface area (Å²) < 4.78 is 15.2. The van der Waals surface area contributed by atoms with Crippen molar-refractivity contribution < 1.29 is 14.0 Å². The Kier molecular flexibility index (Phi) is 7.34. The summed E-state index contributed by atoms with van der Waals surface area (Å²) in [5.74, 6) is -0.456. The monoisotopic (exact) mass is 475 g/mol. The maximum absolute atomic E-state index is 13.4. The number of hydrogen-bond acceptors (Lipinski definition) is 5. The molecule has 0 atom stereocenters. The number of carbonyl (C=O) groups excluding carboxylic acids is 2. The van der Waals surface area contributed by atoms with Gasteiger partial charge in [-0.1, -0.05) is 48.2 Å². The molecule has 0 radical (unpaired) electrons. The van der Waals surface area contributed by atoms with Crippen LogP contribution in [0, 0.1) is 12.7 Å². The van der Waals surface area contributed by atoms with Crippen LogP contribution in [0.25, 0.3) is 5.69 Å². The summed E-state index contributed by atoms with van der Waals surface area (Å²) in [6.45, 7) is 2.04. The zero-order valence-corrected chi connectivity index (χ0v) is 19.2. The summed E-state index contributed by atoms with van der Waals surface area (Å²) >= 11 is 1.24. The number of aromatic nitrogens is 3. The number of benzene rings is 3. The minimum Gasteiger partial charge on any atom is -0.345 e. The van der Waals surface area contributed by atoms with Crippen molar-refractivity contribution in [3.8, 4) is 5.69 Å². The predicted octanol–water partition coefficient (Wildman–Crippen LogP) is 4.38. The molecule has 4 aromatic rings. The van der Waals surface area contributed by atoms with Crippen LogP contribution in [0.5, 0.6) is 0 Å². The smallest absolute Gasteiger partial charge is 0.251 e. The standard InChI is InChI=1S/C25H22FN5O2S/c1-17-7-5-10-20(13-17)28-23(32)16-34-25-30-29-22(31(25)21-11-3-2-4-12-21)15-27-24(33)18-8-6-9-19(26)14-18/h2-14H,15-16H2,1H3,(H,27,33)(H,28,32). The fourth-order valence-electron chi connectivity index (χ4n) is 3.29. The average Bonchev–Trinajstić information content (AvgIpc) is 3.24. The number of rotatable bonds is 8. The molecule has 0 aliphatic rings. The van der Waals surface area contributed by atoms with E-state index in [2.05, 4.69) is 20.8 Å². The van der Waals surface area contributed by atoms with Crippen molar-refractivity contribution in [2.75, 3.05) is 11.1 Å². The van der Waals surface area contributed by atoms with Crippen LogP contribution in [0.3, 0.4) is 0 Å². The Labute approximate surface area is 200 Å². The number of nitrogens with one attached hydrogen (secondary N) is 2. The van der Waals surface area contributed by atoms with Crippen molar-refractivity contribution in [3.63, 3.8) is 0 Å². The largest absolute Gasteiger partial charge is 0.345 e. The Morgan fingerprint density at radius 3 is 2.53 bits per heavy atom. The molecule has 0 saturated heterocycles. The van der Waals surface area contributed by atoms with E-state index in [1.807, 2.05) is 61.5 Å². The molecule has 0 unspecified atom stereocenters. The minimum absolute atomic E-state index is 0.0767. The van der Waals surface area contributed by atoms with Crippen LogP contribution in [-0.2, 0) is 11.3 Å². The summed E-state index contributed by atoms with van der Waals surface area (Å²) in [6, 6.07) is 22.5. The number of aryl methyl sites for hydroxylation is 1. The van der Waals surface area contributed by atoms with Crippen molar-refractivity contribution in [1.82, 2.24) is 20.1 Å². The zero-order valence-electron chi connectivity index (χ0n) is 18.4. The van der Waals surface area contributed by atoms with Gasteiger partial charge in [-0.15, -0.1) is 10.2 Å². The van der Waals surface area contributed by atoms with E-state index in [4.69, 9.17) is 0 Å². The molecule has 0 fully saturated rings. The number of thioether (sulfide) groups is 1. The quantitative estimate of drug-likeness (QED) is 0.369. The topological polar surface area (TPSA) is 88.9 Å². The highest BCUT2D eigenvalue weighted by Gasteiger charge is 2.17. The van der Waals surface area contributed by atoms with Gasteiger partial charge in [-0.3, -0.25) is 14.2 Å². The Bertz CT molecular complexity index is 1310. The zero-order chi connectivity index (χ0) is 23.9. The van der Waals surface area contributed by atoms with Gasteiger partial charge in [-0.25, -0.2) is 4.39 Å². The molecule has 9 heteroatoms. The molecule has 0 bridgehead atoms. The first-order valence-electron chi connectivity index (χ1n) is 10.5. The third kappa shape index (κ3) is 5.87. The summed E-state index contributed by atoms with van der Waals surface area (Å²) in [7, 11) is 0. The maximum atomic E-state index is 13.4. The van der Waals surface area contributed by atoms with Crippen LogP contribution in [-0.4, -0.2) is 32.3 Å². The van der Waals surface area contributed by atoms with E-state index in [9.17, 15) is 14.0 Å². The van der Waals surface area contributed by atoms with Gasteiger partial charge in [0.25, 0.3) is 5.91 Å². The van der Waals surface area contributed by atoms with Gasteiger partial charge in [-0.05, 0) is 55.0 Å². The molecule has 1 aromatic heterocycles. The number of para-hydroxylation sites is 1. The highest BCUT2D eigenvalue weighted by atomic mass is 32.2. The van der Waals surface area contributed by atoms with Gasteiger partial charge in [0.1, 0.15) is 5.82 Å². The van der Waals surface area contributed by atoms with Crippen LogP contribution in [0.15, 0.2) is 84.0 Å². The van der Waals surface area contributed by atoms with Gasteiger partial charge in [0, 0.05) is 16.9 Å². The molecule has 3 aromatic carbocycles. The Morgan fingerprint density at radius 1 is 0.971 bits per heavy atom. The van der Waals surface area contributed by atoms with Crippen LogP contribution in [0.1, 0.15) is 21.7 Å². The predicted molar refractivity (Wildman–Crippen MR) is 129 cm³/mol. The van der Waals surface area contributed by atoms with Crippen LogP contribution in [0.2, 0.25) is 0 Å². The SMILES string of the molecule is Cc1cccc(NC(=O)CSc2nnc(CNC(=O)c3cccc(F)c3)n2-c2ccccc2)c1. The number of nitrogens with zero attached hydrogens (tertiary/aromatic N) is 3. The van der Waals surface area contributed by atoms with Gasteiger partial charge in [0.15, 0.2) is 11.0 Å². The van der Waals surface area contributed by atoms with Gasteiger partial charge >= 0.3 is 0 Å². The molecule has 2 N–H and O–H groups in total. The van der Waals surface area contributed by atoms with Crippen molar-refractivity contribution in [2.45, 2.75) is 18.6 Å². The first kappa shape index (κ1) is 23.2. The van der Waals surface area contributed by atoms with E-state index >= 15 is 0 Å². The summed E-state index contributed by atoms with van der Waals surface area (Å²) in [5.41, 5.74) is 2.80. The van der Waals surface area contributed by atoms with E-state index in [1.54, 1.807) is 4.57 Å². The molecule has 0 aliphatic heterocycles.